The van der Waals surface area contributed by atoms with Gasteiger partial charge in [0.1, 0.15) is 6.26 Å². The van der Waals surface area contributed by atoms with Crippen molar-refractivity contribution in [2.24, 2.45) is 0 Å². The molecule has 2 aliphatic rings. The molecule has 1 saturated heterocycles. The summed E-state index contributed by atoms with van der Waals surface area (Å²) in [6, 6.07) is 8.32. The summed E-state index contributed by atoms with van der Waals surface area (Å²) in [5.41, 5.74) is 4.54. The summed E-state index contributed by atoms with van der Waals surface area (Å²) < 4.78 is 4.99. The van der Waals surface area contributed by atoms with Crippen LogP contribution in [0, 0.1) is 0 Å². The summed E-state index contributed by atoms with van der Waals surface area (Å²) in [6.45, 7) is 1.32. The van der Waals surface area contributed by atoms with Gasteiger partial charge < -0.3 is 14.6 Å². The van der Waals surface area contributed by atoms with Crippen LogP contribution in [0.5, 0.6) is 0 Å². The number of piperidine rings is 1. The van der Waals surface area contributed by atoms with E-state index in [9.17, 15) is 9.59 Å². The minimum atomic E-state index is 0.00239. The molecule has 27 heavy (non-hydrogen) atoms. The van der Waals surface area contributed by atoms with Gasteiger partial charge in [-0.2, -0.15) is 0 Å². The van der Waals surface area contributed by atoms with E-state index >= 15 is 0 Å². The van der Waals surface area contributed by atoms with Crippen LogP contribution in [0.2, 0.25) is 0 Å². The van der Waals surface area contributed by atoms with E-state index in [2.05, 4.69) is 23.5 Å². The van der Waals surface area contributed by atoms with Crippen molar-refractivity contribution in [2.45, 2.75) is 51.0 Å². The minimum Gasteiger partial charge on any atom is -0.472 e. The van der Waals surface area contributed by atoms with Crippen LogP contribution in [-0.2, 0) is 24.1 Å². The molecule has 4 rings (SSSR count). The number of amides is 2. The van der Waals surface area contributed by atoms with Crippen LogP contribution in [0.4, 0.5) is 0 Å². The Labute approximate surface area is 159 Å². The van der Waals surface area contributed by atoms with Gasteiger partial charge in [-0.3, -0.25) is 9.59 Å². The minimum absolute atomic E-state index is 0.00239. The predicted molar refractivity (Wildman–Crippen MR) is 103 cm³/mol. The maximum absolute atomic E-state index is 12.4. The normalized spacial score (nSPS) is 17.4. The highest BCUT2D eigenvalue weighted by Gasteiger charge is 2.25. The number of hydrogen-bond acceptors (Lipinski definition) is 3. The Bertz CT molecular complexity index is 805. The third-order valence-corrected chi connectivity index (χ3v) is 5.69. The lowest BCUT2D eigenvalue weighted by molar-refractivity contribution is -0.121. The van der Waals surface area contributed by atoms with E-state index in [-0.39, 0.29) is 17.9 Å². The standard InChI is InChI=1S/C22H26N2O3/c25-21(14-16-5-6-17-3-1-2-4-18(17)13-16)23-20-7-10-24(11-8-20)22(26)19-9-12-27-15-19/h5-6,9,12-13,15,20H,1-4,7-8,10-11,14H2,(H,23,25). The van der Waals surface area contributed by atoms with E-state index in [1.54, 1.807) is 6.07 Å². The maximum Gasteiger partial charge on any atom is 0.257 e. The summed E-state index contributed by atoms with van der Waals surface area (Å²) in [5, 5.41) is 3.15. The van der Waals surface area contributed by atoms with Crippen molar-refractivity contribution in [2.75, 3.05) is 13.1 Å². The first-order valence-corrected chi connectivity index (χ1v) is 9.90. The van der Waals surface area contributed by atoms with Crippen molar-refractivity contribution < 1.29 is 14.0 Å². The highest BCUT2D eigenvalue weighted by Crippen LogP contribution is 2.22. The molecule has 5 heteroatoms. The first-order valence-electron chi connectivity index (χ1n) is 9.90. The maximum atomic E-state index is 12.4. The van der Waals surface area contributed by atoms with Gasteiger partial charge in [-0.1, -0.05) is 18.2 Å². The molecular formula is C22H26N2O3. The highest BCUT2D eigenvalue weighted by atomic mass is 16.3. The van der Waals surface area contributed by atoms with E-state index in [0.717, 1.165) is 31.2 Å². The molecule has 1 aliphatic carbocycles. The molecule has 1 fully saturated rings. The summed E-state index contributed by atoms with van der Waals surface area (Å²) in [4.78, 5) is 26.6. The molecule has 1 aromatic heterocycles. The van der Waals surface area contributed by atoms with E-state index in [1.165, 1.54) is 36.5 Å². The van der Waals surface area contributed by atoms with Gasteiger partial charge in [0.05, 0.1) is 18.2 Å². The average Bonchev–Trinajstić information content (AvgIpc) is 3.23. The molecule has 2 heterocycles. The molecule has 2 aromatic rings. The summed E-state index contributed by atoms with van der Waals surface area (Å²) in [7, 11) is 0. The third kappa shape index (κ3) is 4.24. The molecule has 142 valence electrons. The Morgan fingerprint density at radius 2 is 1.85 bits per heavy atom. The van der Waals surface area contributed by atoms with Crippen LogP contribution in [0.15, 0.2) is 41.2 Å². The quantitative estimate of drug-likeness (QED) is 0.904. The van der Waals surface area contributed by atoms with Crippen molar-refractivity contribution in [3.05, 3.63) is 59.0 Å². The zero-order chi connectivity index (χ0) is 18.6. The van der Waals surface area contributed by atoms with Crippen LogP contribution in [0.3, 0.4) is 0 Å². The van der Waals surface area contributed by atoms with Gasteiger partial charge in [-0.15, -0.1) is 0 Å². The lowest BCUT2D eigenvalue weighted by atomic mass is 9.90. The monoisotopic (exact) mass is 366 g/mol. The van der Waals surface area contributed by atoms with Crippen LogP contribution in [0.25, 0.3) is 0 Å². The number of benzene rings is 1. The van der Waals surface area contributed by atoms with Crippen LogP contribution in [0.1, 0.15) is 52.7 Å². The number of nitrogens with zero attached hydrogens (tertiary/aromatic N) is 1. The molecule has 0 atom stereocenters. The van der Waals surface area contributed by atoms with Gasteiger partial charge in [0, 0.05) is 19.1 Å². The van der Waals surface area contributed by atoms with E-state index in [0.29, 0.717) is 25.1 Å². The molecule has 0 saturated carbocycles. The van der Waals surface area contributed by atoms with Gasteiger partial charge >= 0.3 is 0 Å². The smallest absolute Gasteiger partial charge is 0.257 e. The topological polar surface area (TPSA) is 62.6 Å². The first kappa shape index (κ1) is 17.8. The Hall–Kier alpha value is -2.56. The predicted octanol–water partition coefficient (Wildman–Crippen LogP) is 3.12. The molecule has 5 nitrogen and oxygen atoms in total. The summed E-state index contributed by atoms with van der Waals surface area (Å²) in [6.07, 6.45) is 9.83. The number of aryl methyl sites for hydroxylation is 2. The summed E-state index contributed by atoms with van der Waals surface area (Å²) in [5.74, 6) is 0.0768. The molecule has 1 N–H and O–H groups in total. The Kier molecular flexibility index (Phi) is 5.28. The lowest BCUT2D eigenvalue weighted by Crippen LogP contribution is -2.46. The molecular weight excluding hydrogens is 340 g/mol. The number of likely N-dealkylation sites (tertiary alicyclic amines) is 1. The summed E-state index contributed by atoms with van der Waals surface area (Å²) >= 11 is 0. The van der Waals surface area contributed by atoms with Crippen LogP contribution < -0.4 is 5.32 Å². The van der Waals surface area contributed by atoms with Crippen molar-refractivity contribution in [1.29, 1.82) is 0 Å². The molecule has 0 bridgehead atoms. The molecule has 0 spiro atoms. The number of carbonyl (C=O) groups is 2. The van der Waals surface area contributed by atoms with Crippen molar-refractivity contribution in [3.63, 3.8) is 0 Å². The Balaban J connectivity index is 1.26. The number of furan rings is 1. The highest BCUT2D eigenvalue weighted by molar-refractivity contribution is 5.93. The van der Waals surface area contributed by atoms with E-state index in [1.807, 2.05) is 4.90 Å². The molecule has 0 radical (unpaired) electrons. The third-order valence-electron chi connectivity index (χ3n) is 5.69. The number of hydrogen-bond donors (Lipinski definition) is 1. The SMILES string of the molecule is O=C(Cc1ccc2c(c1)CCCC2)NC1CCN(C(=O)c2ccoc2)CC1. The first-order chi connectivity index (χ1) is 13.2. The average molecular weight is 366 g/mol. The van der Waals surface area contributed by atoms with Gasteiger partial charge in [-0.05, 0) is 61.3 Å². The zero-order valence-electron chi connectivity index (χ0n) is 15.6. The van der Waals surface area contributed by atoms with Gasteiger partial charge in [0.25, 0.3) is 5.91 Å². The van der Waals surface area contributed by atoms with E-state index < -0.39 is 0 Å². The van der Waals surface area contributed by atoms with Gasteiger partial charge in [-0.25, -0.2) is 0 Å². The molecule has 0 unspecified atom stereocenters. The van der Waals surface area contributed by atoms with Crippen molar-refractivity contribution >= 4 is 11.8 Å². The fourth-order valence-electron chi connectivity index (χ4n) is 4.16. The number of carbonyl (C=O) groups excluding carboxylic acids is 2. The van der Waals surface area contributed by atoms with Gasteiger partial charge in [0.15, 0.2) is 0 Å². The van der Waals surface area contributed by atoms with Crippen LogP contribution >= 0.6 is 0 Å². The Morgan fingerprint density at radius 1 is 1.07 bits per heavy atom. The molecule has 1 aliphatic heterocycles. The van der Waals surface area contributed by atoms with Crippen molar-refractivity contribution in [1.82, 2.24) is 10.2 Å². The second kappa shape index (κ2) is 7.99. The fraction of sp³-hybridized carbons (Fsp3) is 0.455. The van der Waals surface area contributed by atoms with E-state index in [4.69, 9.17) is 4.42 Å². The van der Waals surface area contributed by atoms with Crippen LogP contribution in [-0.4, -0.2) is 35.8 Å². The second-order valence-corrected chi connectivity index (χ2v) is 7.63. The number of fused-ring (bicyclic) bond motifs is 1. The molecule has 2 amide bonds. The second-order valence-electron chi connectivity index (χ2n) is 7.63. The molecule has 1 aromatic carbocycles. The van der Waals surface area contributed by atoms with Crippen molar-refractivity contribution in [3.8, 4) is 0 Å². The largest absolute Gasteiger partial charge is 0.472 e. The Morgan fingerprint density at radius 3 is 2.59 bits per heavy atom. The lowest BCUT2D eigenvalue weighted by Gasteiger charge is -2.32. The number of nitrogens with one attached hydrogen (secondary N) is 1. The fourth-order valence-corrected chi connectivity index (χ4v) is 4.16. The number of rotatable bonds is 4. The van der Waals surface area contributed by atoms with Gasteiger partial charge in [0.2, 0.25) is 5.91 Å². The zero-order valence-corrected chi connectivity index (χ0v) is 15.6.